The zero-order chi connectivity index (χ0) is 24.2. The SMILES string of the molecule is CCC1CC(O)[C@H](CC=CCCCC(=O)NCCO)[C@H]1C=C[C@@H](O)CCc1cc(Br)c(C)s1. The number of unbranched alkanes of at least 4 members (excludes halogenated alkanes) is 1. The minimum absolute atomic E-state index is 0.0277. The molecule has 1 aromatic rings. The van der Waals surface area contributed by atoms with Crippen LogP contribution in [0.3, 0.4) is 0 Å². The lowest BCUT2D eigenvalue weighted by Gasteiger charge is -2.21. The number of amides is 1. The van der Waals surface area contributed by atoms with Gasteiger partial charge in [0.15, 0.2) is 0 Å². The second-order valence-corrected chi connectivity index (χ2v) is 11.2. The Morgan fingerprint density at radius 2 is 2.18 bits per heavy atom. The summed E-state index contributed by atoms with van der Waals surface area (Å²) in [5.74, 6) is 0.845. The molecule has 2 unspecified atom stereocenters. The Morgan fingerprint density at radius 3 is 2.85 bits per heavy atom. The highest BCUT2D eigenvalue weighted by Gasteiger charge is 2.39. The number of halogens is 1. The maximum absolute atomic E-state index is 11.6. The molecule has 1 aliphatic carbocycles. The van der Waals surface area contributed by atoms with Gasteiger partial charge in [0, 0.05) is 27.2 Å². The third-order valence-corrected chi connectivity index (χ3v) is 8.73. The van der Waals surface area contributed by atoms with E-state index < -0.39 is 6.10 Å². The molecule has 0 radical (unpaired) electrons. The van der Waals surface area contributed by atoms with E-state index in [2.05, 4.69) is 59.4 Å². The topological polar surface area (TPSA) is 89.8 Å². The molecule has 1 aliphatic rings. The summed E-state index contributed by atoms with van der Waals surface area (Å²) in [7, 11) is 0. The summed E-state index contributed by atoms with van der Waals surface area (Å²) in [4.78, 5) is 14.1. The van der Waals surface area contributed by atoms with Crippen LogP contribution in [-0.2, 0) is 11.2 Å². The first-order valence-corrected chi connectivity index (χ1v) is 13.8. The minimum Gasteiger partial charge on any atom is -0.395 e. The van der Waals surface area contributed by atoms with Crippen LogP contribution in [-0.4, -0.2) is 46.6 Å². The Bertz CT molecular complexity index is 759. The summed E-state index contributed by atoms with van der Waals surface area (Å²) in [5.41, 5.74) is 0. The van der Waals surface area contributed by atoms with E-state index in [1.165, 1.54) is 9.75 Å². The highest BCUT2D eigenvalue weighted by molar-refractivity contribution is 9.10. The number of rotatable bonds is 14. The Labute approximate surface area is 211 Å². The van der Waals surface area contributed by atoms with Gasteiger partial charge in [0.1, 0.15) is 0 Å². The van der Waals surface area contributed by atoms with Crippen molar-refractivity contribution in [3.8, 4) is 0 Å². The number of aryl methyl sites for hydroxylation is 2. The number of allylic oxidation sites excluding steroid dienone is 3. The second kappa shape index (κ2) is 15.1. The van der Waals surface area contributed by atoms with E-state index in [0.717, 1.165) is 43.0 Å². The van der Waals surface area contributed by atoms with Crippen molar-refractivity contribution in [1.29, 1.82) is 0 Å². The van der Waals surface area contributed by atoms with E-state index in [0.29, 0.717) is 25.3 Å². The number of hydrogen-bond acceptors (Lipinski definition) is 5. The van der Waals surface area contributed by atoms with Gasteiger partial charge in [-0.15, -0.1) is 11.3 Å². The Hall–Kier alpha value is -0.990. The van der Waals surface area contributed by atoms with Crippen molar-refractivity contribution in [3.05, 3.63) is 44.6 Å². The van der Waals surface area contributed by atoms with E-state index in [9.17, 15) is 15.0 Å². The predicted octanol–water partition coefficient (Wildman–Crippen LogP) is 4.92. The number of carbonyl (C=O) groups is 1. The van der Waals surface area contributed by atoms with Crippen molar-refractivity contribution in [2.45, 2.75) is 77.4 Å². The summed E-state index contributed by atoms with van der Waals surface area (Å²) in [6.07, 6.45) is 13.8. The van der Waals surface area contributed by atoms with Gasteiger partial charge >= 0.3 is 0 Å². The molecule has 186 valence electrons. The third kappa shape index (κ3) is 9.65. The van der Waals surface area contributed by atoms with Gasteiger partial charge in [0.05, 0.1) is 18.8 Å². The minimum atomic E-state index is -0.477. The van der Waals surface area contributed by atoms with E-state index in [1.807, 2.05) is 6.08 Å². The standard InChI is InChI=1S/C26H40BrNO4S/c1-3-19-16-25(31)23(8-6-4-5-7-9-26(32)28-14-15-29)22(19)13-11-20(30)10-12-21-17-24(27)18(2)33-21/h4,6,11,13,17,19-20,22-23,25,29-31H,3,5,7-10,12,14-16H2,1-2H3,(H,28,32)/t19?,20-,22-,23+,25?/m0/s1. The lowest BCUT2D eigenvalue weighted by molar-refractivity contribution is -0.121. The van der Waals surface area contributed by atoms with Crippen LogP contribution in [0.4, 0.5) is 0 Å². The summed E-state index contributed by atoms with van der Waals surface area (Å²) in [6, 6.07) is 2.14. The number of aliphatic hydroxyl groups excluding tert-OH is 3. The van der Waals surface area contributed by atoms with Crippen LogP contribution in [0.1, 0.15) is 61.6 Å². The number of nitrogens with one attached hydrogen (secondary N) is 1. The molecule has 0 spiro atoms. The van der Waals surface area contributed by atoms with Crippen LogP contribution >= 0.6 is 27.3 Å². The number of aliphatic hydroxyl groups is 3. The Morgan fingerprint density at radius 1 is 1.39 bits per heavy atom. The summed E-state index contributed by atoms with van der Waals surface area (Å²) < 4.78 is 1.14. The Balaban J connectivity index is 1.82. The molecule has 1 saturated carbocycles. The summed E-state index contributed by atoms with van der Waals surface area (Å²) in [5, 5.41) is 32.6. The van der Waals surface area contributed by atoms with Gasteiger partial charge in [0.2, 0.25) is 5.91 Å². The zero-order valence-corrected chi connectivity index (χ0v) is 22.3. The highest BCUT2D eigenvalue weighted by Crippen LogP contribution is 2.42. The largest absolute Gasteiger partial charge is 0.395 e. The van der Waals surface area contributed by atoms with Gasteiger partial charge in [-0.2, -0.15) is 0 Å². The van der Waals surface area contributed by atoms with Gasteiger partial charge < -0.3 is 20.6 Å². The van der Waals surface area contributed by atoms with Gasteiger partial charge in [-0.3, -0.25) is 4.79 Å². The summed E-state index contributed by atoms with van der Waals surface area (Å²) in [6.45, 7) is 4.54. The molecule has 0 aromatic carbocycles. The zero-order valence-electron chi connectivity index (χ0n) is 19.9. The molecular weight excluding hydrogens is 502 g/mol. The molecule has 5 nitrogen and oxygen atoms in total. The lowest BCUT2D eigenvalue weighted by atomic mass is 9.85. The maximum atomic E-state index is 11.6. The molecule has 7 heteroatoms. The molecule has 2 rings (SSSR count). The molecule has 5 atom stereocenters. The fourth-order valence-corrected chi connectivity index (χ4v) is 6.24. The van der Waals surface area contributed by atoms with Crippen molar-refractivity contribution in [2.75, 3.05) is 13.2 Å². The fourth-order valence-electron chi connectivity index (χ4n) is 4.62. The van der Waals surface area contributed by atoms with Crippen LogP contribution in [0.25, 0.3) is 0 Å². The van der Waals surface area contributed by atoms with Crippen molar-refractivity contribution >= 4 is 33.2 Å². The molecule has 0 bridgehead atoms. The van der Waals surface area contributed by atoms with Crippen molar-refractivity contribution in [2.24, 2.45) is 17.8 Å². The van der Waals surface area contributed by atoms with Gasteiger partial charge in [-0.1, -0.05) is 37.6 Å². The smallest absolute Gasteiger partial charge is 0.220 e. The first-order valence-electron chi connectivity index (χ1n) is 12.2. The fraction of sp³-hybridized carbons (Fsp3) is 0.654. The molecule has 33 heavy (non-hydrogen) atoms. The maximum Gasteiger partial charge on any atom is 0.220 e. The van der Waals surface area contributed by atoms with Gasteiger partial charge in [-0.05, 0) is 85.2 Å². The number of carbonyl (C=O) groups excluding carboxylic acids is 1. The van der Waals surface area contributed by atoms with Crippen molar-refractivity contribution in [1.82, 2.24) is 5.32 Å². The summed E-state index contributed by atoms with van der Waals surface area (Å²) >= 11 is 5.32. The van der Waals surface area contributed by atoms with E-state index in [4.69, 9.17) is 5.11 Å². The quantitative estimate of drug-likeness (QED) is 0.199. The molecule has 0 saturated heterocycles. The third-order valence-electron chi connectivity index (χ3n) is 6.54. The monoisotopic (exact) mass is 541 g/mol. The van der Waals surface area contributed by atoms with E-state index in [1.54, 1.807) is 11.3 Å². The van der Waals surface area contributed by atoms with Crippen molar-refractivity contribution in [3.63, 3.8) is 0 Å². The highest BCUT2D eigenvalue weighted by atomic mass is 79.9. The number of hydrogen-bond donors (Lipinski definition) is 4. The Kier molecular flexibility index (Phi) is 12.9. The van der Waals surface area contributed by atoms with Crippen LogP contribution in [0.2, 0.25) is 0 Å². The first kappa shape index (κ1) is 28.2. The van der Waals surface area contributed by atoms with Crippen LogP contribution in [0, 0.1) is 24.7 Å². The van der Waals surface area contributed by atoms with Crippen LogP contribution < -0.4 is 5.32 Å². The van der Waals surface area contributed by atoms with Crippen LogP contribution in [0.15, 0.2) is 34.8 Å². The predicted molar refractivity (Wildman–Crippen MR) is 139 cm³/mol. The van der Waals surface area contributed by atoms with Crippen molar-refractivity contribution < 1.29 is 20.1 Å². The van der Waals surface area contributed by atoms with Crippen LogP contribution in [0.5, 0.6) is 0 Å². The molecule has 4 N–H and O–H groups in total. The molecule has 1 heterocycles. The second-order valence-electron chi connectivity index (χ2n) is 8.99. The van der Waals surface area contributed by atoms with E-state index >= 15 is 0 Å². The molecule has 0 aliphatic heterocycles. The average molecular weight is 543 g/mol. The molecular formula is C26H40BrNO4S. The normalized spacial score (nSPS) is 24.2. The first-order chi connectivity index (χ1) is 15.8. The lowest BCUT2D eigenvalue weighted by Crippen LogP contribution is -2.25. The molecule has 1 amide bonds. The van der Waals surface area contributed by atoms with Gasteiger partial charge in [0.25, 0.3) is 0 Å². The molecule has 1 aromatic heterocycles. The van der Waals surface area contributed by atoms with Gasteiger partial charge in [-0.25, -0.2) is 0 Å². The van der Waals surface area contributed by atoms with E-state index in [-0.39, 0.29) is 30.5 Å². The molecule has 1 fully saturated rings. The average Bonchev–Trinajstić information content (AvgIpc) is 3.28. The number of thiophene rings is 1.